The number of nitrogens with one attached hydrogen (secondary N) is 1. The van der Waals surface area contributed by atoms with E-state index in [1.807, 2.05) is 0 Å². The van der Waals surface area contributed by atoms with E-state index in [2.05, 4.69) is 14.8 Å². The van der Waals surface area contributed by atoms with Crippen LogP contribution in [-0.2, 0) is 4.79 Å². The molecule has 1 heterocycles. The van der Waals surface area contributed by atoms with E-state index in [0.717, 1.165) is 0 Å². The Balaban J connectivity index is 1.41. The summed E-state index contributed by atoms with van der Waals surface area (Å²) in [7, 11) is 0. The molecular formula is C19H17F2NO5S. The van der Waals surface area contributed by atoms with Crippen LogP contribution >= 0.6 is 11.8 Å². The molecule has 2 aromatic carbocycles. The minimum absolute atomic E-state index is 0.0795. The minimum Gasteiger partial charge on any atom is -0.492 e. The summed E-state index contributed by atoms with van der Waals surface area (Å²) >= 11 is 1.34. The Bertz CT molecular complexity index is 890. The molecule has 0 spiro atoms. The third-order valence-electron chi connectivity index (χ3n) is 3.67. The van der Waals surface area contributed by atoms with Crippen molar-refractivity contribution < 1.29 is 32.6 Å². The van der Waals surface area contributed by atoms with Gasteiger partial charge in [-0.1, -0.05) is 12.1 Å². The molecule has 3 rings (SSSR count). The predicted molar refractivity (Wildman–Crippen MR) is 101 cm³/mol. The lowest BCUT2D eigenvalue weighted by Gasteiger charge is -2.09. The summed E-state index contributed by atoms with van der Waals surface area (Å²) < 4.78 is 40.2. The van der Waals surface area contributed by atoms with E-state index in [1.165, 1.54) is 36.9 Å². The number of benzene rings is 2. The van der Waals surface area contributed by atoms with Crippen LogP contribution in [0, 0.1) is 0 Å². The van der Waals surface area contributed by atoms with Gasteiger partial charge in [-0.2, -0.15) is 0 Å². The van der Waals surface area contributed by atoms with Gasteiger partial charge >= 0.3 is 6.29 Å². The van der Waals surface area contributed by atoms with Crippen LogP contribution in [0.5, 0.6) is 17.2 Å². The van der Waals surface area contributed by atoms with Crippen molar-refractivity contribution in [3.63, 3.8) is 0 Å². The van der Waals surface area contributed by atoms with E-state index in [1.54, 1.807) is 24.3 Å². The van der Waals surface area contributed by atoms with Gasteiger partial charge in [0.15, 0.2) is 17.3 Å². The van der Waals surface area contributed by atoms with E-state index < -0.39 is 6.29 Å². The lowest BCUT2D eigenvalue weighted by molar-refractivity contribution is -0.286. The lowest BCUT2D eigenvalue weighted by atomic mass is 10.1. The summed E-state index contributed by atoms with van der Waals surface area (Å²) in [6.07, 6.45) is -3.69. The van der Waals surface area contributed by atoms with Gasteiger partial charge in [0.25, 0.3) is 0 Å². The quantitative estimate of drug-likeness (QED) is 0.526. The van der Waals surface area contributed by atoms with E-state index in [0.29, 0.717) is 29.4 Å². The maximum Gasteiger partial charge on any atom is 0.586 e. The number of Topliss-reactive ketones (excluding diaryl/α,β-unsaturated/α-hetero) is 1. The number of carbonyl (C=O) groups excluding carboxylic acids is 2. The highest BCUT2D eigenvalue weighted by Gasteiger charge is 2.43. The van der Waals surface area contributed by atoms with Gasteiger partial charge in [0.1, 0.15) is 5.75 Å². The molecule has 0 aliphatic carbocycles. The topological polar surface area (TPSA) is 73.9 Å². The fourth-order valence-corrected chi connectivity index (χ4v) is 3.09. The number of anilines is 1. The van der Waals surface area contributed by atoms with Crippen LogP contribution in [0.1, 0.15) is 17.3 Å². The number of carbonyl (C=O) groups is 2. The molecule has 0 saturated carbocycles. The van der Waals surface area contributed by atoms with Crippen LogP contribution in [0.15, 0.2) is 42.5 Å². The molecule has 0 saturated heterocycles. The van der Waals surface area contributed by atoms with Crippen molar-refractivity contribution in [2.45, 2.75) is 13.2 Å². The summed E-state index contributed by atoms with van der Waals surface area (Å²) in [4.78, 5) is 23.5. The first-order valence-electron chi connectivity index (χ1n) is 8.34. The van der Waals surface area contributed by atoms with E-state index in [4.69, 9.17) is 4.74 Å². The van der Waals surface area contributed by atoms with Crippen LogP contribution in [-0.4, -0.2) is 36.1 Å². The number of amides is 1. The molecule has 0 fully saturated rings. The third kappa shape index (κ3) is 5.13. The first kappa shape index (κ1) is 19.9. The smallest absolute Gasteiger partial charge is 0.492 e. The van der Waals surface area contributed by atoms with Gasteiger partial charge in [-0.3, -0.25) is 9.59 Å². The molecule has 1 aliphatic rings. The number of hydrogen-bond donors (Lipinski definition) is 1. The van der Waals surface area contributed by atoms with Crippen LogP contribution in [0.3, 0.4) is 0 Å². The molecule has 6 nitrogen and oxygen atoms in total. The van der Waals surface area contributed by atoms with Crippen molar-refractivity contribution in [1.29, 1.82) is 0 Å². The predicted octanol–water partition coefficient (Wildman–Crippen LogP) is 3.96. The molecule has 0 bridgehead atoms. The summed E-state index contributed by atoms with van der Waals surface area (Å²) in [6, 6.07) is 11.0. The highest BCUT2D eigenvalue weighted by molar-refractivity contribution is 7.99. The Morgan fingerprint density at radius 2 is 1.89 bits per heavy atom. The molecular weight excluding hydrogens is 392 g/mol. The number of fused-ring (bicyclic) bond motifs is 1. The number of para-hydroxylation sites is 1. The number of rotatable bonds is 8. The molecule has 2 aromatic rings. The maximum absolute atomic E-state index is 13.0. The first-order chi connectivity index (χ1) is 13.3. The number of ether oxygens (including phenoxy) is 3. The number of hydrogen-bond acceptors (Lipinski definition) is 6. The molecule has 0 radical (unpaired) electrons. The van der Waals surface area contributed by atoms with Crippen molar-refractivity contribution in [3.8, 4) is 17.2 Å². The first-order valence-corrected chi connectivity index (χ1v) is 9.50. The second-order valence-corrected chi connectivity index (χ2v) is 6.94. The zero-order valence-electron chi connectivity index (χ0n) is 14.9. The molecule has 1 N–H and O–H groups in total. The fraction of sp³-hybridized carbons (Fsp3) is 0.263. The molecule has 9 heteroatoms. The standard InChI is InChI=1S/C19H17F2NO5S/c1-12(23)14-4-2-3-5-15(14)25-8-9-28-11-18(24)22-13-6-7-16-17(10-13)27-19(20,21)26-16/h2-7,10H,8-9,11H2,1H3,(H,22,24). The number of alkyl halides is 2. The summed E-state index contributed by atoms with van der Waals surface area (Å²) in [5, 5.41) is 2.61. The number of ketones is 1. The zero-order chi connectivity index (χ0) is 20.1. The van der Waals surface area contributed by atoms with Gasteiger partial charge in [-0.25, -0.2) is 0 Å². The average molecular weight is 409 g/mol. The Morgan fingerprint density at radius 1 is 1.14 bits per heavy atom. The van der Waals surface area contributed by atoms with Gasteiger partial charge < -0.3 is 19.5 Å². The fourth-order valence-electron chi connectivity index (χ4n) is 2.48. The number of halogens is 2. The van der Waals surface area contributed by atoms with Crippen molar-refractivity contribution >= 4 is 29.1 Å². The van der Waals surface area contributed by atoms with E-state index >= 15 is 0 Å². The van der Waals surface area contributed by atoms with E-state index in [9.17, 15) is 18.4 Å². The monoisotopic (exact) mass is 409 g/mol. The maximum atomic E-state index is 13.0. The summed E-state index contributed by atoms with van der Waals surface area (Å²) in [5.74, 6) is 0.615. The molecule has 28 heavy (non-hydrogen) atoms. The van der Waals surface area contributed by atoms with Crippen molar-refractivity contribution in [1.82, 2.24) is 0 Å². The van der Waals surface area contributed by atoms with Crippen LogP contribution in [0.2, 0.25) is 0 Å². The van der Waals surface area contributed by atoms with Gasteiger partial charge in [0.05, 0.1) is 17.9 Å². The summed E-state index contributed by atoms with van der Waals surface area (Å²) in [6.45, 7) is 1.81. The van der Waals surface area contributed by atoms with Gasteiger partial charge in [-0.15, -0.1) is 20.5 Å². The Morgan fingerprint density at radius 3 is 2.68 bits per heavy atom. The Kier molecular flexibility index (Phi) is 6.03. The largest absolute Gasteiger partial charge is 0.586 e. The van der Waals surface area contributed by atoms with E-state index in [-0.39, 0.29) is 28.9 Å². The highest BCUT2D eigenvalue weighted by atomic mass is 32.2. The SMILES string of the molecule is CC(=O)c1ccccc1OCCSCC(=O)Nc1ccc2c(c1)OC(F)(F)O2. The van der Waals surface area contributed by atoms with Crippen molar-refractivity contribution in [2.24, 2.45) is 0 Å². The molecule has 148 valence electrons. The second-order valence-electron chi connectivity index (χ2n) is 5.83. The highest BCUT2D eigenvalue weighted by Crippen LogP contribution is 2.42. The van der Waals surface area contributed by atoms with Gasteiger partial charge in [-0.05, 0) is 31.2 Å². The Hall–Kier alpha value is -2.81. The van der Waals surface area contributed by atoms with Crippen LogP contribution in [0.25, 0.3) is 0 Å². The van der Waals surface area contributed by atoms with Gasteiger partial charge in [0, 0.05) is 17.5 Å². The van der Waals surface area contributed by atoms with Crippen molar-refractivity contribution in [3.05, 3.63) is 48.0 Å². The zero-order valence-corrected chi connectivity index (χ0v) is 15.7. The lowest BCUT2D eigenvalue weighted by Crippen LogP contribution is -2.25. The van der Waals surface area contributed by atoms with Crippen LogP contribution in [0.4, 0.5) is 14.5 Å². The average Bonchev–Trinajstić information content (AvgIpc) is 2.94. The Labute approximate surface area is 164 Å². The van der Waals surface area contributed by atoms with Crippen LogP contribution < -0.4 is 19.5 Å². The molecule has 0 atom stereocenters. The van der Waals surface area contributed by atoms with Crippen molar-refractivity contribution in [2.75, 3.05) is 23.4 Å². The molecule has 1 aliphatic heterocycles. The minimum atomic E-state index is -3.69. The van der Waals surface area contributed by atoms with Gasteiger partial charge in [0.2, 0.25) is 5.91 Å². The second kappa shape index (κ2) is 8.47. The third-order valence-corrected chi connectivity index (χ3v) is 4.59. The summed E-state index contributed by atoms with van der Waals surface area (Å²) in [5.41, 5.74) is 0.843. The number of thioether (sulfide) groups is 1. The molecule has 1 amide bonds. The molecule has 0 unspecified atom stereocenters. The normalized spacial score (nSPS) is 13.8. The molecule has 0 aromatic heterocycles.